The summed E-state index contributed by atoms with van der Waals surface area (Å²) in [5.74, 6) is -4.37. The van der Waals surface area contributed by atoms with Gasteiger partial charge in [0.2, 0.25) is 5.43 Å². The fourth-order valence-electron chi connectivity index (χ4n) is 3.71. The number of halogens is 4. The van der Waals surface area contributed by atoms with Crippen LogP contribution in [0.4, 0.5) is 19.0 Å². The Morgan fingerprint density at radius 3 is 2.38 bits per heavy atom. The van der Waals surface area contributed by atoms with E-state index >= 15 is 0 Å². The summed E-state index contributed by atoms with van der Waals surface area (Å²) in [6.07, 6.45) is 0.908. The van der Waals surface area contributed by atoms with E-state index in [-0.39, 0.29) is 48.2 Å². The average Bonchev–Trinajstić information content (AvgIpc) is 2.69. The van der Waals surface area contributed by atoms with Gasteiger partial charge in [-0.1, -0.05) is 11.6 Å². The standard InChI is InChI=1S/C20H16ClF3N4O4/c21-12-1-9(22)2-13(23)15(12)28-4-11(17(25)32)16(31)10-3-14(24)19(26-18(10)28)27-5-20(6-27,7-29)8-30/h1-4,29-30H,5-8H2,(H2,25,32). The Bertz CT molecular complexity index is 1300. The van der Waals surface area contributed by atoms with E-state index in [9.17, 15) is 33.0 Å². The van der Waals surface area contributed by atoms with Crippen molar-refractivity contribution in [2.45, 2.75) is 0 Å². The smallest absolute Gasteiger partial charge is 0.254 e. The molecule has 12 heteroatoms. The molecule has 2 aromatic heterocycles. The second-order valence-corrected chi connectivity index (χ2v) is 8.07. The first kappa shape index (κ1) is 22.1. The molecule has 0 saturated carbocycles. The summed E-state index contributed by atoms with van der Waals surface area (Å²) in [6.45, 7) is -0.522. The van der Waals surface area contributed by atoms with Crippen LogP contribution in [0.3, 0.4) is 0 Å². The highest BCUT2D eigenvalue weighted by atomic mass is 35.5. The minimum atomic E-state index is -1.15. The lowest BCUT2D eigenvalue weighted by molar-refractivity contribution is 0.0298. The van der Waals surface area contributed by atoms with Gasteiger partial charge in [0.1, 0.15) is 17.1 Å². The van der Waals surface area contributed by atoms with Gasteiger partial charge in [0.25, 0.3) is 5.91 Å². The molecule has 3 aromatic rings. The van der Waals surface area contributed by atoms with Crippen molar-refractivity contribution in [1.82, 2.24) is 9.55 Å². The number of carbonyl (C=O) groups is 1. The molecule has 1 fully saturated rings. The molecule has 4 rings (SSSR count). The van der Waals surface area contributed by atoms with E-state index in [1.807, 2.05) is 0 Å². The molecule has 0 spiro atoms. The van der Waals surface area contributed by atoms with Crippen LogP contribution in [0.5, 0.6) is 0 Å². The van der Waals surface area contributed by atoms with Gasteiger partial charge in [0.05, 0.1) is 29.0 Å². The van der Waals surface area contributed by atoms with E-state index in [0.717, 1.165) is 22.9 Å². The number of amides is 1. The number of nitrogens with two attached hydrogens (primary N) is 1. The summed E-state index contributed by atoms with van der Waals surface area (Å²) in [4.78, 5) is 30.1. The number of hydrogen-bond donors (Lipinski definition) is 3. The number of pyridine rings is 2. The van der Waals surface area contributed by atoms with Gasteiger partial charge in [-0.15, -0.1) is 0 Å². The third-order valence-corrected chi connectivity index (χ3v) is 5.71. The summed E-state index contributed by atoms with van der Waals surface area (Å²) < 4.78 is 44.0. The molecule has 0 bridgehead atoms. The maximum atomic E-state index is 14.9. The van der Waals surface area contributed by atoms with Crippen LogP contribution in [0.25, 0.3) is 16.7 Å². The van der Waals surface area contributed by atoms with E-state index in [2.05, 4.69) is 4.98 Å². The maximum Gasteiger partial charge on any atom is 0.254 e. The lowest BCUT2D eigenvalue weighted by Gasteiger charge is -2.48. The van der Waals surface area contributed by atoms with E-state index in [0.29, 0.717) is 6.07 Å². The third kappa shape index (κ3) is 3.38. The van der Waals surface area contributed by atoms with Crippen LogP contribution in [0, 0.1) is 22.9 Å². The number of aliphatic hydroxyl groups excluding tert-OH is 2. The first-order valence-electron chi connectivity index (χ1n) is 9.28. The fourth-order valence-corrected chi connectivity index (χ4v) is 4.00. The van der Waals surface area contributed by atoms with Crippen molar-refractivity contribution in [3.63, 3.8) is 0 Å². The third-order valence-electron chi connectivity index (χ3n) is 5.42. The summed E-state index contributed by atoms with van der Waals surface area (Å²) in [5.41, 5.74) is 2.23. The van der Waals surface area contributed by atoms with Crippen molar-refractivity contribution in [2.75, 3.05) is 31.2 Å². The number of benzene rings is 1. The van der Waals surface area contributed by atoms with Crippen molar-refractivity contribution in [3.8, 4) is 5.69 Å². The van der Waals surface area contributed by atoms with Gasteiger partial charge in [-0.3, -0.25) is 14.2 Å². The largest absolute Gasteiger partial charge is 0.396 e. The zero-order chi connectivity index (χ0) is 23.4. The van der Waals surface area contributed by atoms with Crippen LogP contribution < -0.4 is 16.1 Å². The topological polar surface area (TPSA) is 122 Å². The molecule has 1 saturated heterocycles. The summed E-state index contributed by atoms with van der Waals surface area (Å²) >= 11 is 6.03. The average molecular weight is 469 g/mol. The minimum Gasteiger partial charge on any atom is -0.396 e. The van der Waals surface area contributed by atoms with E-state index < -0.39 is 45.5 Å². The highest BCUT2D eigenvalue weighted by Crippen LogP contribution is 2.35. The molecule has 8 nitrogen and oxygen atoms in total. The van der Waals surface area contributed by atoms with Crippen molar-refractivity contribution in [1.29, 1.82) is 0 Å². The van der Waals surface area contributed by atoms with Crippen LogP contribution in [-0.4, -0.2) is 52.0 Å². The van der Waals surface area contributed by atoms with Crippen molar-refractivity contribution in [3.05, 3.63) is 62.7 Å². The Morgan fingerprint density at radius 2 is 1.81 bits per heavy atom. The lowest BCUT2D eigenvalue weighted by Crippen LogP contribution is -2.61. The summed E-state index contributed by atoms with van der Waals surface area (Å²) in [5, 5.41) is 18.2. The first-order valence-corrected chi connectivity index (χ1v) is 9.66. The Kier molecular flexibility index (Phi) is 5.35. The molecule has 1 aliphatic heterocycles. The monoisotopic (exact) mass is 468 g/mol. The van der Waals surface area contributed by atoms with Gasteiger partial charge in [-0.05, 0) is 12.1 Å². The van der Waals surface area contributed by atoms with Gasteiger partial charge in [0, 0.05) is 25.4 Å². The van der Waals surface area contributed by atoms with Crippen molar-refractivity contribution < 1.29 is 28.2 Å². The Morgan fingerprint density at radius 1 is 1.16 bits per heavy atom. The molecule has 0 unspecified atom stereocenters. The van der Waals surface area contributed by atoms with Crippen LogP contribution in [0.1, 0.15) is 10.4 Å². The van der Waals surface area contributed by atoms with Crippen molar-refractivity contribution >= 4 is 34.4 Å². The zero-order valence-electron chi connectivity index (χ0n) is 16.3. The highest BCUT2D eigenvalue weighted by Gasteiger charge is 2.43. The molecule has 4 N–H and O–H groups in total. The first-order chi connectivity index (χ1) is 15.1. The molecule has 168 valence electrons. The van der Waals surface area contributed by atoms with Crippen molar-refractivity contribution in [2.24, 2.45) is 11.1 Å². The molecule has 1 amide bonds. The molecule has 1 aromatic carbocycles. The van der Waals surface area contributed by atoms with Crippen LogP contribution >= 0.6 is 11.6 Å². The zero-order valence-corrected chi connectivity index (χ0v) is 17.0. The number of aliphatic hydroxyl groups is 2. The number of nitrogens with zero attached hydrogens (tertiary/aromatic N) is 3. The number of hydrogen-bond acceptors (Lipinski definition) is 6. The number of fused-ring (bicyclic) bond motifs is 1. The lowest BCUT2D eigenvalue weighted by atomic mass is 9.81. The number of anilines is 1. The van der Waals surface area contributed by atoms with Gasteiger partial charge >= 0.3 is 0 Å². The quantitative estimate of drug-likeness (QED) is 0.519. The van der Waals surface area contributed by atoms with E-state index in [1.54, 1.807) is 0 Å². The minimum absolute atomic E-state index is 0.0741. The summed E-state index contributed by atoms with van der Waals surface area (Å²) in [7, 11) is 0. The van der Waals surface area contributed by atoms with Crippen LogP contribution in [-0.2, 0) is 0 Å². The number of rotatable bonds is 5. The SMILES string of the molecule is NC(=O)c1cn(-c2c(F)cc(F)cc2Cl)c2nc(N3CC(CO)(CO)C3)c(F)cc2c1=O. The normalized spacial score (nSPS) is 15.1. The Hall–Kier alpha value is -3.15. The molecule has 0 aliphatic carbocycles. The van der Waals surface area contributed by atoms with E-state index in [4.69, 9.17) is 17.3 Å². The second-order valence-electron chi connectivity index (χ2n) is 7.66. The highest BCUT2D eigenvalue weighted by molar-refractivity contribution is 6.32. The van der Waals surface area contributed by atoms with Gasteiger partial charge in [-0.2, -0.15) is 0 Å². The summed E-state index contributed by atoms with van der Waals surface area (Å²) in [6, 6.07) is 2.20. The van der Waals surface area contributed by atoms with Crippen LogP contribution in [0.2, 0.25) is 5.02 Å². The molecule has 1 aliphatic rings. The maximum absolute atomic E-state index is 14.9. The molecule has 0 atom stereocenters. The number of carbonyl (C=O) groups excluding carboxylic acids is 1. The van der Waals surface area contributed by atoms with Gasteiger partial charge in [0.15, 0.2) is 23.1 Å². The molecular formula is C20H16ClF3N4O4. The van der Waals surface area contributed by atoms with Crippen LogP contribution in [0.15, 0.2) is 29.2 Å². The molecular weight excluding hydrogens is 453 g/mol. The number of primary amides is 1. The Labute approximate surface area is 183 Å². The van der Waals surface area contributed by atoms with Gasteiger partial charge in [-0.25, -0.2) is 18.2 Å². The second kappa shape index (κ2) is 7.76. The Balaban J connectivity index is 2.00. The predicted octanol–water partition coefficient (Wildman–Crippen LogP) is 1.35. The predicted molar refractivity (Wildman–Crippen MR) is 110 cm³/mol. The number of aromatic nitrogens is 2. The molecule has 3 heterocycles. The van der Waals surface area contributed by atoms with E-state index in [1.165, 1.54) is 4.90 Å². The van der Waals surface area contributed by atoms with Gasteiger partial charge < -0.3 is 20.8 Å². The molecule has 32 heavy (non-hydrogen) atoms. The molecule has 0 radical (unpaired) electrons. The fraction of sp³-hybridized carbons (Fsp3) is 0.250.